The molecule has 0 spiro atoms. The number of aromatic nitrogens is 1. The van der Waals surface area contributed by atoms with Crippen LogP contribution in [0.2, 0.25) is 0 Å². The third-order valence-corrected chi connectivity index (χ3v) is 4.12. The van der Waals surface area contributed by atoms with Crippen LogP contribution >= 0.6 is 0 Å². The first-order valence-electron chi connectivity index (χ1n) is 7.18. The molecule has 1 fully saturated rings. The second-order valence-electron chi connectivity index (χ2n) is 5.88. The fraction of sp³-hybridized carbons (Fsp3) is 0.667. The van der Waals surface area contributed by atoms with Gasteiger partial charge in [0.1, 0.15) is 5.82 Å². The number of aryl methyl sites for hydroxylation is 1. The Hall–Kier alpha value is -1.29. The molecule has 0 radical (unpaired) electrons. The molecule has 0 aromatic carbocycles. The molecule has 19 heavy (non-hydrogen) atoms. The number of nitrogens with zero attached hydrogens (tertiary/aromatic N) is 3. The average molecular weight is 262 g/mol. The van der Waals surface area contributed by atoms with E-state index in [2.05, 4.69) is 34.9 Å². The smallest absolute Gasteiger partial charge is 0.128 e. The van der Waals surface area contributed by atoms with Crippen molar-refractivity contribution >= 4 is 11.5 Å². The van der Waals surface area contributed by atoms with Gasteiger partial charge in [0.2, 0.25) is 0 Å². The van der Waals surface area contributed by atoms with E-state index in [-0.39, 0.29) is 0 Å². The van der Waals surface area contributed by atoms with Crippen LogP contribution in [0.4, 0.5) is 11.5 Å². The Kier molecular flexibility index (Phi) is 4.64. The number of pyridine rings is 1. The lowest BCUT2D eigenvalue weighted by Crippen LogP contribution is -2.34. The molecule has 106 valence electrons. The Bertz CT molecular complexity index is 419. The summed E-state index contributed by atoms with van der Waals surface area (Å²) in [4.78, 5) is 9.09. The van der Waals surface area contributed by atoms with Crippen molar-refractivity contribution in [2.24, 2.45) is 5.92 Å². The Labute approximate surface area is 116 Å². The first-order valence-corrected chi connectivity index (χ1v) is 7.18. The van der Waals surface area contributed by atoms with Gasteiger partial charge in [-0.15, -0.1) is 0 Å². The van der Waals surface area contributed by atoms with Crippen LogP contribution in [0.1, 0.15) is 24.8 Å². The third kappa shape index (κ3) is 3.83. The van der Waals surface area contributed by atoms with Crippen molar-refractivity contribution in [3.63, 3.8) is 0 Å². The summed E-state index contributed by atoms with van der Waals surface area (Å²) < 4.78 is 0. The van der Waals surface area contributed by atoms with E-state index in [0.717, 1.165) is 29.5 Å². The van der Waals surface area contributed by atoms with E-state index in [4.69, 9.17) is 5.73 Å². The lowest BCUT2D eigenvalue weighted by molar-refractivity contribution is 0.203. The summed E-state index contributed by atoms with van der Waals surface area (Å²) in [6, 6.07) is 2.07. The summed E-state index contributed by atoms with van der Waals surface area (Å²) >= 11 is 0. The Balaban J connectivity index is 1.86. The monoisotopic (exact) mass is 262 g/mol. The highest BCUT2D eigenvalue weighted by atomic mass is 15.2. The van der Waals surface area contributed by atoms with Gasteiger partial charge in [-0.2, -0.15) is 0 Å². The van der Waals surface area contributed by atoms with E-state index < -0.39 is 0 Å². The quantitative estimate of drug-likeness (QED) is 0.903. The number of piperidine rings is 1. The number of nitrogen functional groups attached to an aromatic ring is 1. The zero-order valence-electron chi connectivity index (χ0n) is 12.4. The number of likely N-dealkylation sites (tertiary alicyclic amines) is 1. The molecule has 1 aromatic heterocycles. The zero-order chi connectivity index (χ0) is 13.8. The summed E-state index contributed by atoms with van der Waals surface area (Å²) in [7, 11) is 4.34. The van der Waals surface area contributed by atoms with Gasteiger partial charge in [0.05, 0.1) is 11.9 Å². The highest BCUT2D eigenvalue weighted by Crippen LogP contribution is 2.21. The minimum absolute atomic E-state index is 0.769. The van der Waals surface area contributed by atoms with Gasteiger partial charge in [-0.1, -0.05) is 0 Å². The molecule has 1 unspecified atom stereocenters. The largest absolute Gasteiger partial charge is 0.397 e. The van der Waals surface area contributed by atoms with E-state index in [9.17, 15) is 0 Å². The van der Waals surface area contributed by atoms with Crippen molar-refractivity contribution in [3.8, 4) is 0 Å². The molecule has 1 aliphatic rings. The topological polar surface area (TPSA) is 45.4 Å². The Morgan fingerprint density at radius 2 is 2.32 bits per heavy atom. The molecule has 0 amide bonds. The Morgan fingerprint density at radius 1 is 1.53 bits per heavy atom. The van der Waals surface area contributed by atoms with Crippen molar-refractivity contribution in [3.05, 3.63) is 17.8 Å². The summed E-state index contributed by atoms with van der Waals surface area (Å²) in [6.45, 7) is 5.59. The molecule has 2 rings (SSSR count). The van der Waals surface area contributed by atoms with Crippen LogP contribution < -0.4 is 10.6 Å². The van der Waals surface area contributed by atoms with Gasteiger partial charge in [0, 0.05) is 20.1 Å². The predicted octanol–water partition coefficient (Wildman–Crippen LogP) is 2.14. The zero-order valence-corrected chi connectivity index (χ0v) is 12.4. The summed E-state index contributed by atoms with van der Waals surface area (Å²) in [5.41, 5.74) is 7.68. The molecule has 1 saturated heterocycles. The maximum Gasteiger partial charge on any atom is 0.128 e. The molecular weight excluding hydrogens is 236 g/mol. The first-order chi connectivity index (χ1) is 9.06. The van der Waals surface area contributed by atoms with E-state index in [1.54, 1.807) is 6.20 Å². The molecule has 4 heteroatoms. The molecule has 0 saturated carbocycles. The molecule has 0 aliphatic carbocycles. The normalized spacial score (nSPS) is 20.5. The molecule has 2 heterocycles. The third-order valence-electron chi connectivity index (χ3n) is 4.12. The van der Waals surface area contributed by atoms with Crippen molar-refractivity contribution in [2.45, 2.75) is 26.2 Å². The van der Waals surface area contributed by atoms with Crippen LogP contribution in [0, 0.1) is 12.8 Å². The van der Waals surface area contributed by atoms with Gasteiger partial charge >= 0.3 is 0 Å². The SMILES string of the molecule is Cc1cc(N(C)CCC2CCCN(C)C2)ncc1N. The second kappa shape index (κ2) is 6.24. The van der Waals surface area contributed by atoms with Crippen molar-refractivity contribution in [1.29, 1.82) is 0 Å². The van der Waals surface area contributed by atoms with Crippen molar-refractivity contribution < 1.29 is 0 Å². The van der Waals surface area contributed by atoms with E-state index >= 15 is 0 Å². The number of rotatable bonds is 4. The van der Waals surface area contributed by atoms with Crippen LogP contribution in [-0.4, -0.2) is 43.6 Å². The molecule has 1 atom stereocenters. The summed E-state index contributed by atoms with van der Waals surface area (Å²) in [6.07, 6.45) is 5.71. The first kappa shape index (κ1) is 14.1. The highest BCUT2D eigenvalue weighted by molar-refractivity contribution is 5.51. The van der Waals surface area contributed by atoms with Crippen molar-refractivity contribution in [1.82, 2.24) is 9.88 Å². The summed E-state index contributed by atoms with van der Waals surface area (Å²) in [5, 5.41) is 0. The van der Waals surface area contributed by atoms with E-state index in [1.165, 1.54) is 32.4 Å². The van der Waals surface area contributed by atoms with Crippen LogP contribution in [-0.2, 0) is 0 Å². The van der Waals surface area contributed by atoms with Crippen molar-refractivity contribution in [2.75, 3.05) is 44.4 Å². The molecule has 4 nitrogen and oxygen atoms in total. The minimum atomic E-state index is 0.769. The molecular formula is C15H26N4. The lowest BCUT2D eigenvalue weighted by Gasteiger charge is -2.31. The number of nitrogens with two attached hydrogens (primary N) is 1. The standard InChI is InChI=1S/C15H26N4/c1-12-9-15(17-10-14(12)16)19(3)8-6-13-5-4-7-18(2)11-13/h9-10,13H,4-8,11,16H2,1-3H3. The average Bonchev–Trinajstić information content (AvgIpc) is 2.39. The maximum absolute atomic E-state index is 5.81. The molecule has 1 aliphatic heterocycles. The lowest BCUT2D eigenvalue weighted by atomic mass is 9.95. The minimum Gasteiger partial charge on any atom is -0.397 e. The second-order valence-corrected chi connectivity index (χ2v) is 5.88. The van der Waals surface area contributed by atoms with Gasteiger partial charge < -0.3 is 15.5 Å². The number of hydrogen-bond donors (Lipinski definition) is 1. The maximum atomic E-state index is 5.81. The van der Waals surface area contributed by atoms with Crippen LogP contribution in [0.25, 0.3) is 0 Å². The summed E-state index contributed by atoms with van der Waals surface area (Å²) in [5.74, 6) is 1.85. The highest BCUT2D eigenvalue weighted by Gasteiger charge is 2.17. The van der Waals surface area contributed by atoms with Gasteiger partial charge in [0.25, 0.3) is 0 Å². The molecule has 0 bridgehead atoms. The van der Waals surface area contributed by atoms with Gasteiger partial charge in [0.15, 0.2) is 0 Å². The molecule has 2 N–H and O–H groups in total. The number of anilines is 2. The van der Waals surface area contributed by atoms with Crippen LogP contribution in [0.3, 0.4) is 0 Å². The fourth-order valence-electron chi connectivity index (χ4n) is 2.76. The number of hydrogen-bond acceptors (Lipinski definition) is 4. The predicted molar refractivity (Wildman–Crippen MR) is 81.5 cm³/mol. The van der Waals surface area contributed by atoms with Gasteiger partial charge in [-0.05, 0) is 57.3 Å². The van der Waals surface area contributed by atoms with Gasteiger partial charge in [-0.25, -0.2) is 4.98 Å². The Morgan fingerprint density at radius 3 is 3.00 bits per heavy atom. The van der Waals surface area contributed by atoms with Crippen LogP contribution in [0.5, 0.6) is 0 Å². The molecule has 1 aromatic rings. The van der Waals surface area contributed by atoms with E-state index in [0.29, 0.717) is 0 Å². The van der Waals surface area contributed by atoms with Crippen LogP contribution in [0.15, 0.2) is 12.3 Å². The fourth-order valence-corrected chi connectivity index (χ4v) is 2.76. The van der Waals surface area contributed by atoms with Gasteiger partial charge in [-0.3, -0.25) is 0 Å². The van der Waals surface area contributed by atoms with E-state index in [1.807, 2.05) is 6.92 Å².